The second kappa shape index (κ2) is 7.96. The zero-order valence-corrected chi connectivity index (χ0v) is 12.3. The van der Waals surface area contributed by atoms with Crippen LogP contribution in [-0.4, -0.2) is 25.8 Å². The summed E-state index contributed by atoms with van der Waals surface area (Å²) in [5, 5.41) is 39.4. The molecule has 0 spiro atoms. The van der Waals surface area contributed by atoms with E-state index in [9.17, 15) is 35.1 Å². The van der Waals surface area contributed by atoms with Crippen LogP contribution < -0.4 is 5.73 Å². The van der Waals surface area contributed by atoms with Gasteiger partial charge in [-0.1, -0.05) is 0 Å². The van der Waals surface area contributed by atoms with Gasteiger partial charge in [0, 0.05) is 5.69 Å². The number of carbonyl (C=O) groups is 1. The Bertz CT molecular complexity index is 755. The van der Waals surface area contributed by atoms with Gasteiger partial charge in [0.15, 0.2) is 0 Å². The summed E-state index contributed by atoms with van der Waals surface area (Å²) in [6.45, 7) is 0. The van der Waals surface area contributed by atoms with E-state index in [1.165, 1.54) is 12.1 Å². The number of nitrogens with zero attached hydrogens (tertiary/aromatic N) is 3. The quantitative estimate of drug-likeness (QED) is 0.472. The van der Waals surface area contributed by atoms with Crippen molar-refractivity contribution >= 4 is 28.7 Å². The Hall–Kier alpha value is -4.09. The summed E-state index contributed by atoms with van der Waals surface area (Å²) in [5.41, 5.74) is 4.11. The van der Waals surface area contributed by atoms with Crippen molar-refractivity contribution < 1.29 is 24.7 Å². The first-order valence-electron chi connectivity index (χ1n) is 6.29. The first-order valence-corrected chi connectivity index (χ1v) is 6.29. The minimum atomic E-state index is -0.931. The zero-order chi connectivity index (χ0) is 19.1. The highest BCUT2D eigenvalue weighted by Gasteiger charge is 2.21. The molecule has 0 unspecified atom stereocenters. The summed E-state index contributed by atoms with van der Waals surface area (Å²) < 4.78 is 0. The van der Waals surface area contributed by atoms with E-state index in [4.69, 9.17) is 10.8 Å². The number of non-ortho nitro benzene ring substituents is 3. The number of nitro benzene ring substituents is 3. The first-order chi connectivity index (χ1) is 11.6. The molecule has 0 aliphatic carbocycles. The standard InChI is InChI=1S/C7H7NO2.C6H3N3O6/c8-6-3-1-5(2-4-6)7(9)10;10-7(11)4-1-5(8(12)13)3-6(2-4)9(14)15/h1-4H,8H2,(H,9,10);1-3H. The molecule has 0 fully saturated rings. The minimum Gasteiger partial charge on any atom is -0.478 e. The smallest absolute Gasteiger partial charge is 0.335 e. The van der Waals surface area contributed by atoms with Crippen molar-refractivity contribution in [1.82, 2.24) is 0 Å². The number of hydrogen-bond donors (Lipinski definition) is 2. The van der Waals surface area contributed by atoms with Crippen molar-refractivity contribution in [3.8, 4) is 0 Å². The Morgan fingerprint density at radius 3 is 1.36 bits per heavy atom. The molecule has 0 aliphatic heterocycles. The topological polar surface area (TPSA) is 193 Å². The van der Waals surface area contributed by atoms with Gasteiger partial charge in [-0.3, -0.25) is 30.3 Å². The number of nitro groups is 3. The molecule has 0 amide bonds. The van der Waals surface area contributed by atoms with Gasteiger partial charge in [-0.05, 0) is 24.3 Å². The number of anilines is 1. The SMILES string of the molecule is Nc1ccc(C(=O)O)cc1.O=[N+]([O-])c1cc([N+](=O)[O-])cc([N+](=O)[O-])c1. The fourth-order valence-corrected chi connectivity index (χ4v) is 1.52. The average molecular weight is 350 g/mol. The van der Waals surface area contributed by atoms with Crippen LogP contribution in [-0.2, 0) is 0 Å². The largest absolute Gasteiger partial charge is 0.478 e. The van der Waals surface area contributed by atoms with Gasteiger partial charge in [0.2, 0.25) is 0 Å². The molecule has 0 saturated heterocycles. The van der Waals surface area contributed by atoms with E-state index in [2.05, 4.69) is 0 Å². The molecule has 0 bridgehead atoms. The van der Waals surface area contributed by atoms with E-state index in [0.717, 1.165) is 0 Å². The Balaban J connectivity index is 0.000000271. The lowest BCUT2D eigenvalue weighted by Crippen LogP contribution is -1.96. The summed E-state index contributed by atoms with van der Waals surface area (Å²) in [7, 11) is 0. The van der Waals surface area contributed by atoms with Crippen molar-refractivity contribution in [2.24, 2.45) is 0 Å². The van der Waals surface area contributed by atoms with Crippen LogP contribution >= 0.6 is 0 Å². The predicted molar refractivity (Wildman–Crippen MR) is 84.2 cm³/mol. The average Bonchev–Trinajstić information content (AvgIpc) is 2.55. The van der Waals surface area contributed by atoms with Crippen molar-refractivity contribution in [2.45, 2.75) is 0 Å². The highest BCUT2D eigenvalue weighted by molar-refractivity contribution is 5.87. The van der Waals surface area contributed by atoms with E-state index in [1.54, 1.807) is 12.1 Å². The highest BCUT2D eigenvalue weighted by Crippen LogP contribution is 2.26. The van der Waals surface area contributed by atoms with Gasteiger partial charge in [-0.2, -0.15) is 0 Å². The van der Waals surface area contributed by atoms with Crippen LogP contribution in [0.3, 0.4) is 0 Å². The van der Waals surface area contributed by atoms with E-state index in [1.807, 2.05) is 0 Å². The minimum absolute atomic E-state index is 0.259. The van der Waals surface area contributed by atoms with Crippen LogP contribution in [0.2, 0.25) is 0 Å². The normalized spacial score (nSPS) is 9.44. The molecule has 12 nitrogen and oxygen atoms in total. The summed E-state index contributed by atoms with van der Waals surface area (Å²) in [5.74, 6) is -0.931. The molecule has 0 aliphatic rings. The molecule has 2 rings (SSSR count). The van der Waals surface area contributed by atoms with Crippen molar-refractivity contribution in [3.05, 3.63) is 78.4 Å². The van der Waals surface area contributed by atoms with Gasteiger partial charge >= 0.3 is 5.97 Å². The third-order valence-electron chi connectivity index (χ3n) is 2.68. The molecule has 2 aromatic carbocycles. The number of carboxylic acid groups (broad SMARTS) is 1. The van der Waals surface area contributed by atoms with E-state index >= 15 is 0 Å². The number of rotatable bonds is 4. The fourth-order valence-electron chi connectivity index (χ4n) is 1.52. The Morgan fingerprint density at radius 1 is 0.800 bits per heavy atom. The predicted octanol–water partition coefficient (Wildman–Crippen LogP) is 2.38. The van der Waals surface area contributed by atoms with Crippen LogP contribution in [0.15, 0.2) is 42.5 Å². The van der Waals surface area contributed by atoms with Crippen LogP contribution in [0.25, 0.3) is 0 Å². The maximum absolute atomic E-state index is 10.3. The lowest BCUT2D eigenvalue weighted by atomic mass is 10.2. The second-order valence-electron chi connectivity index (χ2n) is 4.41. The summed E-state index contributed by atoms with van der Waals surface area (Å²) in [6, 6.07) is 8.04. The highest BCUT2D eigenvalue weighted by atomic mass is 16.6. The van der Waals surface area contributed by atoms with Gasteiger partial charge in [0.05, 0.1) is 38.5 Å². The van der Waals surface area contributed by atoms with Crippen LogP contribution in [0.1, 0.15) is 10.4 Å². The van der Waals surface area contributed by atoms with E-state index in [-0.39, 0.29) is 5.56 Å². The van der Waals surface area contributed by atoms with Crippen molar-refractivity contribution in [2.75, 3.05) is 5.73 Å². The molecule has 0 saturated carbocycles. The number of hydrogen-bond acceptors (Lipinski definition) is 8. The number of nitrogen functional groups attached to an aromatic ring is 1. The molecule has 3 N–H and O–H groups in total. The Morgan fingerprint density at radius 2 is 1.12 bits per heavy atom. The van der Waals surface area contributed by atoms with Gasteiger partial charge in [0.1, 0.15) is 0 Å². The van der Waals surface area contributed by atoms with Crippen LogP contribution in [0, 0.1) is 30.3 Å². The van der Waals surface area contributed by atoms with Crippen LogP contribution in [0.4, 0.5) is 22.7 Å². The first kappa shape index (κ1) is 19.0. The van der Waals surface area contributed by atoms with Gasteiger partial charge in [-0.25, -0.2) is 4.79 Å². The lowest BCUT2D eigenvalue weighted by molar-refractivity contribution is -0.403. The third-order valence-corrected chi connectivity index (χ3v) is 2.68. The number of aromatic carboxylic acids is 1. The summed E-state index contributed by atoms with van der Waals surface area (Å²) in [6.07, 6.45) is 0. The third kappa shape index (κ3) is 5.55. The molecule has 0 atom stereocenters. The molecule has 0 heterocycles. The fraction of sp³-hybridized carbons (Fsp3) is 0. The van der Waals surface area contributed by atoms with Crippen molar-refractivity contribution in [1.29, 1.82) is 0 Å². The lowest BCUT2D eigenvalue weighted by Gasteiger charge is -1.93. The van der Waals surface area contributed by atoms with Gasteiger partial charge < -0.3 is 10.8 Å². The number of nitrogens with two attached hydrogens (primary N) is 1. The van der Waals surface area contributed by atoms with E-state index in [0.29, 0.717) is 23.9 Å². The molecule has 130 valence electrons. The van der Waals surface area contributed by atoms with Gasteiger partial charge in [0.25, 0.3) is 17.1 Å². The Kier molecular flexibility index (Phi) is 6.03. The molecular formula is C13H10N4O8. The summed E-state index contributed by atoms with van der Waals surface area (Å²) in [4.78, 5) is 38.4. The monoisotopic (exact) mass is 350 g/mol. The maximum Gasteiger partial charge on any atom is 0.335 e. The number of carboxylic acids is 1. The second-order valence-corrected chi connectivity index (χ2v) is 4.41. The molecule has 2 aromatic rings. The Labute approximate surface area is 138 Å². The molecule has 0 aromatic heterocycles. The molecular weight excluding hydrogens is 340 g/mol. The molecule has 0 radical (unpaired) electrons. The molecule has 12 heteroatoms. The van der Waals surface area contributed by atoms with E-state index < -0.39 is 37.8 Å². The summed E-state index contributed by atoms with van der Waals surface area (Å²) >= 11 is 0. The van der Waals surface area contributed by atoms with Gasteiger partial charge in [-0.15, -0.1) is 0 Å². The van der Waals surface area contributed by atoms with Crippen LogP contribution in [0.5, 0.6) is 0 Å². The number of benzene rings is 2. The maximum atomic E-state index is 10.3. The van der Waals surface area contributed by atoms with Crippen molar-refractivity contribution in [3.63, 3.8) is 0 Å². The molecule has 25 heavy (non-hydrogen) atoms. The zero-order valence-electron chi connectivity index (χ0n) is 12.3.